The number of hydrogen-bond donors (Lipinski definition) is 3. The van der Waals surface area contributed by atoms with Crippen LogP contribution in [0.2, 0.25) is 0 Å². The maximum atomic E-state index is 4.99. The molecule has 1 aliphatic carbocycles. The van der Waals surface area contributed by atoms with Gasteiger partial charge >= 0.3 is 0 Å². The van der Waals surface area contributed by atoms with E-state index in [0.717, 1.165) is 67.5 Å². The second-order valence-electron chi connectivity index (χ2n) is 9.96. The van der Waals surface area contributed by atoms with Crippen molar-refractivity contribution in [1.82, 2.24) is 39.7 Å². The van der Waals surface area contributed by atoms with Gasteiger partial charge in [0.25, 0.3) is 0 Å². The van der Waals surface area contributed by atoms with Crippen molar-refractivity contribution in [2.24, 2.45) is 5.92 Å². The minimum atomic E-state index is 0.533. The minimum Gasteiger partial charge on any atom is -0.358 e. The van der Waals surface area contributed by atoms with Crippen molar-refractivity contribution >= 4 is 27.8 Å². The molecule has 0 unspecified atom stereocenters. The van der Waals surface area contributed by atoms with Crippen LogP contribution in [0.5, 0.6) is 0 Å². The summed E-state index contributed by atoms with van der Waals surface area (Å²) in [5, 5.41) is 12.2. The number of anilines is 1. The first-order valence-corrected chi connectivity index (χ1v) is 12.9. The summed E-state index contributed by atoms with van der Waals surface area (Å²) >= 11 is 0. The molecule has 0 radical (unpaired) electrons. The lowest BCUT2D eigenvalue weighted by Crippen LogP contribution is -2.07. The number of fused-ring (bicyclic) bond motifs is 2. The second kappa shape index (κ2) is 8.95. The van der Waals surface area contributed by atoms with Gasteiger partial charge in [0.2, 0.25) is 0 Å². The highest BCUT2D eigenvalue weighted by Crippen LogP contribution is 2.33. The van der Waals surface area contributed by atoms with Gasteiger partial charge in [0.15, 0.2) is 0 Å². The summed E-state index contributed by atoms with van der Waals surface area (Å²) < 4.78 is 2.01. The Hall–Kier alpha value is -4.79. The average molecular weight is 502 g/mol. The van der Waals surface area contributed by atoms with E-state index in [1.54, 1.807) is 6.20 Å². The van der Waals surface area contributed by atoms with Crippen LogP contribution in [0.25, 0.3) is 50.4 Å². The summed E-state index contributed by atoms with van der Waals surface area (Å²) in [4.78, 5) is 21.8. The summed E-state index contributed by atoms with van der Waals surface area (Å²) in [7, 11) is 0. The van der Waals surface area contributed by atoms with Gasteiger partial charge in [-0.2, -0.15) is 5.10 Å². The molecule has 188 valence electrons. The normalized spacial score (nSPS) is 14.0. The monoisotopic (exact) mass is 501 g/mol. The van der Waals surface area contributed by atoms with Crippen molar-refractivity contribution in [1.29, 1.82) is 0 Å². The number of pyridine rings is 3. The highest BCUT2D eigenvalue weighted by molar-refractivity contribution is 5.95. The number of H-pyrrole nitrogens is 2. The van der Waals surface area contributed by atoms with Crippen LogP contribution in [0.4, 0.5) is 5.69 Å². The first-order chi connectivity index (χ1) is 18.6. The highest BCUT2D eigenvalue weighted by atomic mass is 15.1. The number of hydrogen-bond acceptors (Lipinski definition) is 6. The van der Waals surface area contributed by atoms with Crippen LogP contribution in [-0.4, -0.2) is 39.7 Å². The number of rotatable bonds is 6. The topological polar surface area (TPSA) is 113 Å². The lowest BCUT2D eigenvalue weighted by atomic mass is 10.0. The second-order valence-corrected chi connectivity index (χ2v) is 9.96. The van der Waals surface area contributed by atoms with E-state index in [4.69, 9.17) is 4.98 Å². The first-order valence-electron chi connectivity index (χ1n) is 12.9. The third-order valence-corrected chi connectivity index (χ3v) is 7.35. The van der Waals surface area contributed by atoms with Gasteiger partial charge in [-0.05, 0) is 56.0 Å². The number of aromatic nitrogens is 8. The Balaban J connectivity index is 1.24. The SMILES string of the molecule is C=C(Nc1cncc(-c2ccc3[nH]nc(-c4cc5c(-n6cnc(C)c6)ccnc5[nH]4)c3n2)c1)C1CCCC1. The van der Waals surface area contributed by atoms with Gasteiger partial charge in [-0.3, -0.25) is 10.1 Å². The molecule has 3 N–H and O–H groups in total. The smallest absolute Gasteiger partial charge is 0.139 e. The highest BCUT2D eigenvalue weighted by Gasteiger charge is 2.19. The molecule has 6 heterocycles. The van der Waals surface area contributed by atoms with Crippen LogP contribution in [0.3, 0.4) is 0 Å². The summed E-state index contributed by atoms with van der Waals surface area (Å²) in [6, 6.07) is 10.1. The molecule has 9 nitrogen and oxygen atoms in total. The first kappa shape index (κ1) is 22.4. The zero-order valence-electron chi connectivity index (χ0n) is 21.1. The molecule has 6 aromatic rings. The fourth-order valence-corrected chi connectivity index (χ4v) is 5.38. The van der Waals surface area contributed by atoms with Crippen LogP contribution in [0, 0.1) is 12.8 Å². The van der Waals surface area contributed by atoms with E-state index >= 15 is 0 Å². The molecule has 6 aromatic heterocycles. The third-order valence-electron chi connectivity index (χ3n) is 7.35. The fraction of sp³-hybridized carbons (Fsp3) is 0.207. The Morgan fingerprint density at radius 1 is 1.11 bits per heavy atom. The minimum absolute atomic E-state index is 0.533. The lowest BCUT2D eigenvalue weighted by molar-refractivity contribution is 0.649. The third kappa shape index (κ3) is 3.92. The molecule has 9 heteroatoms. The Kier molecular flexibility index (Phi) is 5.28. The maximum absolute atomic E-state index is 4.99. The predicted molar refractivity (Wildman–Crippen MR) is 149 cm³/mol. The Morgan fingerprint density at radius 3 is 2.84 bits per heavy atom. The van der Waals surface area contributed by atoms with Gasteiger partial charge < -0.3 is 14.9 Å². The van der Waals surface area contributed by atoms with Crippen molar-refractivity contribution in [3.63, 3.8) is 0 Å². The molecule has 0 aromatic carbocycles. The van der Waals surface area contributed by atoms with E-state index in [9.17, 15) is 0 Å². The van der Waals surface area contributed by atoms with E-state index in [1.807, 2.05) is 54.6 Å². The number of nitrogens with one attached hydrogen (secondary N) is 3. The molecule has 0 aliphatic heterocycles. The van der Waals surface area contributed by atoms with Crippen LogP contribution in [0.15, 0.2) is 73.7 Å². The molecule has 1 saturated carbocycles. The molecule has 0 bridgehead atoms. The average Bonchev–Trinajstić information content (AvgIpc) is 3.74. The van der Waals surface area contributed by atoms with E-state index in [1.165, 1.54) is 25.7 Å². The largest absolute Gasteiger partial charge is 0.358 e. The Labute approximate surface area is 219 Å². The quantitative estimate of drug-likeness (QED) is 0.251. The van der Waals surface area contributed by atoms with Crippen LogP contribution < -0.4 is 5.32 Å². The number of allylic oxidation sites excluding steroid dienone is 1. The Morgan fingerprint density at radius 2 is 2.00 bits per heavy atom. The van der Waals surface area contributed by atoms with Gasteiger partial charge in [0, 0.05) is 35.2 Å². The van der Waals surface area contributed by atoms with Crippen molar-refractivity contribution in [3.05, 3.63) is 79.4 Å². The van der Waals surface area contributed by atoms with Gasteiger partial charge in [-0.25, -0.2) is 15.0 Å². The van der Waals surface area contributed by atoms with Crippen molar-refractivity contribution in [2.45, 2.75) is 32.6 Å². The van der Waals surface area contributed by atoms with E-state index in [0.29, 0.717) is 5.92 Å². The van der Waals surface area contributed by atoms with Gasteiger partial charge in [0.1, 0.15) is 16.9 Å². The van der Waals surface area contributed by atoms with Crippen LogP contribution >= 0.6 is 0 Å². The molecule has 0 spiro atoms. The molecule has 0 amide bonds. The van der Waals surface area contributed by atoms with Crippen LogP contribution in [-0.2, 0) is 0 Å². The van der Waals surface area contributed by atoms with Crippen molar-refractivity contribution < 1.29 is 0 Å². The number of imidazole rings is 1. The van der Waals surface area contributed by atoms with Gasteiger partial charge in [0.05, 0.1) is 46.5 Å². The molecule has 1 fully saturated rings. The zero-order chi connectivity index (χ0) is 25.6. The number of aromatic amines is 2. The van der Waals surface area contributed by atoms with Crippen LogP contribution in [0.1, 0.15) is 31.4 Å². The van der Waals surface area contributed by atoms with E-state index < -0.39 is 0 Å². The summed E-state index contributed by atoms with van der Waals surface area (Å²) in [6.45, 7) is 6.25. The Bertz CT molecular complexity index is 1800. The standard InChI is InChI=1S/C29H27N9/c1-17-15-38(16-32-17)26-9-10-31-29-22(26)12-25(35-29)28-27-24(36-37-28)8-7-23(34-27)20-11-21(14-30-13-20)33-18(2)19-5-3-4-6-19/h7-16,19,33H,2-6H2,1H3,(H,31,35)(H,36,37). The molecular formula is C29H27N9. The summed E-state index contributed by atoms with van der Waals surface area (Å²) in [5.41, 5.74) is 9.71. The molecule has 7 rings (SSSR count). The molecule has 1 aliphatic rings. The number of nitrogens with zero attached hydrogens (tertiary/aromatic N) is 6. The molecule has 0 saturated heterocycles. The summed E-state index contributed by atoms with van der Waals surface area (Å²) in [6.07, 6.45) is 14.2. The van der Waals surface area contributed by atoms with E-state index in [-0.39, 0.29) is 0 Å². The maximum Gasteiger partial charge on any atom is 0.139 e. The van der Waals surface area contributed by atoms with Gasteiger partial charge in [-0.15, -0.1) is 0 Å². The predicted octanol–water partition coefficient (Wildman–Crippen LogP) is 6.17. The number of aryl methyl sites for hydroxylation is 1. The fourth-order valence-electron chi connectivity index (χ4n) is 5.38. The lowest BCUT2D eigenvalue weighted by Gasteiger charge is -2.15. The molecule has 0 atom stereocenters. The molecular weight excluding hydrogens is 474 g/mol. The van der Waals surface area contributed by atoms with Crippen molar-refractivity contribution in [3.8, 4) is 28.3 Å². The summed E-state index contributed by atoms with van der Waals surface area (Å²) in [5.74, 6) is 0.533. The van der Waals surface area contributed by atoms with Gasteiger partial charge in [-0.1, -0.05) is 19.4 Å². The molecule has 38 heavy (non-hydrogen) atoms. The van der Waals surface area contributed by atoms with Crippen molar-refractivity contribution in [2.75, 3.05) is 5.32 Å². The zero-order valence-corrected chi connectivity index (χ0v) is 21.1. The van der Waals surface area contributed by atoms with E-state index in [2.05, 4.69) is 54.2 Å².